The molecule has 1 aliphatic rings. The van der Waals surface area contributed by atoms with Crippen LogP contribution in [-0.4, -0.2) is 54.5 Å². The molecular formula is C19H20N4O6S. The summed E-state index contributed by atoms with van der Waals surface area (Å²) in [6, 6.07) is 8.61. The van der Waals surface area contributed by atoms with Crippen LogP contribution >= 0.6 is 12.2 Å². The lowest BCUT2D eigenvalue weighted by molar-refractivity contribution is -0.384. The number of hydrogen-bond acceptors (Lipinski definition) is 8. The average molecular weight is 432 g/mol. The maximum atomic E-state index is 12.9. The van der Waals surface area contributed by atoms with Crippen molar-refractivity contribution in [1.29, 1.82) is 0 Å². The van der Waals surface area contributed by atoms with Crippen molar-refractivity contribution in [3.63, 3.8) is 0 Å². The van der Waals surface area contributed by atoms with Crippen LogP contribution in [0.3, 0.4) is 0 Å². The van der Waals surface area contributed by atoms with Gasteiger partial charge in [0.1, 0.15) is 11.5 Å². The van der Waals surface area contributed by atoms with E-state index in [2.05, 4.69) is 10.6 Å². The van der Waals surface area contributed by atoms with Crippen LogP contribution in [0.25, 0.3) is 0 Å². The molecule has 0 radical (unpaired) electrons. The SMILES string of the molecule is COc1ccc(O)c(NC(=S)NC(=O)c2cc([N+](=O)[O-])ccc2N2CCOCC2)c1. The van der Waals surface area contributed by atoms with E-state index < -0.39 is 10.8 Å². The van der Waals surface area contributed by atoms with Gasteiger partial charge < -0.3 is 24.8 Å². The molecule has 1 heterocycles. The molecular weight excluding hydrogens is 412 g/mol. The number of carbonyl (C=O) groups is 1. The predicted octanol–water partition coefficient (Wildman–Crippen LogP) is 2.27. The Hall–Kier alpha value is -3.44. The van der Waals surface area contributed by atoms with Gasteiger partial charge in [0.05, 0.1) is 42.2 Å². The Morgan fingerprint density at radius 1 is 1.27 bits per heavy atom. The second-order valence-corrected chi connectivity index (χ2v) is 6.76. The summed E-state index contributed by atoms with van der Waals surface area (Å²) >= 11 is 5.17. The summed E-state index contributed by atoms with van der Waals surface area (Å²) in [5, 5.41) is 26.3. The van der Waals surface area contributed by atoms with Gasteiger partial charge in [-0.1, -0.05) is 0 Å². The number of non-ortho nitro benzene ring substituents is 1. The molecule has 0 aromatic heterocycles. The van der Waals surface area contributed by atoms with E-state index in [1.807, 2.05) is 4.90 Å². The van der Waals surface area contributed by atoms with Crippen LogP contribution in [-0.2, 0) is 4.74 Å². The van der Waals surface area contributed by atoms with Crippen LogP contribution in [0.4, 0.5) is 17.1 Å². The number of phenolic OH excluding ortho intramolecular Hbond substituents is 1. The molecule has 3 rings (SSSR count). The molecule has 2 aromatic rings. The molecule has 30 heavy (non-hydrogen) atoms. The van der Waals surface area contributed by atoms with Gasteiger partial charge in [0.15, 0.2) is 5.11 Å². The van der Waals surface area contributed by atoms with Crippen molar-refractivity contribution >= 4 is 40.3 Å². The number of nitro benzene ring substituents is 1. The fraction of sp³-hybridized carbons (Fsp3) is 0.263. The molecule has 11 heteroatoms. The van der Waals surface area contributed by atoms with E-state index in [1.165, 1.54) is 31.4 Å². The van der Waals surface area contributed by atoms with E-state index in [9.17, 15) is 20.0 Å². The number of thiocarbonyl (C=S) groups is 1. The number of ether oxygens (including phenoxy) is 2. The number of phenols is 1. The number of anilines is 2. The maximum Gasteiger partial charge on any atom is 0.270 e. The molecule has 3 N–H and O–H groups in total. The highest BCUT2D eigenvalue weighted by molar-refractivity contribution is 7.80. The molecule has 158 valence electrons. The summed E-state index contributed by atoms with van der Waals surface area (Å²) in [5.74, 6) is -0.213. The minimum absolute atomic E-state index is 0.0806. The van der Waals surface area contributed by atoms with Crippen molar-refractivity contribution in [1.82, 2.24) is 5.32 Å². The summed E-state index contributed by atoms with van der Waals surface area (Å²) in [7, 11) is 1.48. The number of benzene rings is 2. The van der Waals surface area contributed by atoms with Crippen LogP contribution in [0.15, 0.2) is 36.4 Å². The molecule has 0 bridgehead atoms. The normalized spacial score (nSPS) is 13.4. The minimum Gasteiger partial charge on any atom is -0.506 e. The summed E-state index contributed by atoms with van der Waals surface area (Å²) in [6.07, 6.45) is 0. The van der Waals surface area contributed by atoms with Crippen molar-refractivity contribution in [3.05, 3.63) is 52.1 Å². The average Bonchev–Trinajstić information content (AvgIpc) is 2.75. The molecule has 10 nitrogen and oxygen atoms in total. The van der Waals surface area contributed by atoms with Crippen LogP contribution < -0.4 is 20.3 Å². The Bertz CT molecular complexity index is 977. The number of morpholine rings is 1. The fourth-order valence-electron chi connectivity index (χ4n) is 2.97. The first-order valence-corrected chi connectivity index (χ1v) is 9.40. The maximum absolute atomic E-state index is 12.9. The number of nitrogens with one attached hydrogen (secondary N) is 2. The lowest BCUT2D eigenvalue weighted by Crippen LogP contribution is -2.39. The first-order chi connectivity index (χ1) is 14.4. The third kappa shape index (κ3) is 4.93. The third-order valence-electron chi connectivity index (χ3n) is 4.47. The highest BCUT2D eigenvalue weighted by atomic mass is 32.1. The van der Waals surface area contributed by atoms with Crippen molar-refractivity contribution in [3.8, 4) is 11.5 Å². The smallest absolute Gasteiger partial charge is 0.270 e. The summed E-state index contributed by atoms with van der Waals surface area (Å²) in [5.41, 5.74) is 0.701. The summed E-state index contributed by atoms with van der Waals surface area (Å²) in [6.45, 7) is 2.09. The number of nitro groups is 1. The standard InChI is InChI=1S/C19H20N4O6S/c1-28-13-3-5-17(24)15(11-13)20-19(30)21-18(25)14-10-12(23(26)27)2-4-16(14)22-6-8-29-9-7-22/h2-5,10-11,24H,6-9H2,1H3,(H2,20,21,25,30). The lowest BCUT2D eigenvalue weighted by atomic mass is 10.1. The third-order valence-corrected chi connectivity index (χ3v) is 4.67. The Morgan fingerprint density at radius 3 is 2.67 bits per heavy atom. The Balaban J connectivity index is 1.81. The Labute approximate surface area is 177 Å². The first-order valence-electron chi connectivity index (χ1n) is 8.99. The van der Waals surface area contributed by atoms with Gasteiger partial charge in [-0.05, 0) is 30.4 Å². The van der Waals surface area contributed by atoms with Crippen molar-refractivity contribution in [2.75, 3.05) is 43.6 Å². The topological polar surface area (TPSA) is 126 Å². The zero-order valence-electron chi connectivity index (χ0n) is 16.1. The Kier molecular flexibility index (Phi) is 6.65. The molecule has 0 aliphatic carbocycles. The van der Waals surface area contributed by atoms with Gasteiger partial charge in [0.25, 0.3) is 11.6 Å². The molecule has 0 unspecified atom stereocenters. The van der Waals surface area contributed by atoms with E-state index in [-0.39, 0.29) is 27.8 Å². The van der Waals surface area contributed by atoms with Gasteiger partial charge in [-0.3, -0.25) is 20.2 Å². The molecule has 0 saturated carbocycles. The van der Waals surface area contributed by atoms with Gasteiger partial charge in [-0.2, -0.15) is 0 Å². The van der Waals surface area contributed by atoms with Gasteiger partial charge in [-0.15, -0.1) is 0 Å². The van der Waals surface area contributed by atoms with E-state index in [0.29, 0.717) is 37.7 Å². The van der Waals surface area contributed by atoms with Gasteiger partial charge >= 0.3 is 0 Å². The molecule has 0 spiro atoms. The molecule has 1 amide bonds. The molecule has 1 aliphatic heterocycles. The number of rotatable bonds is 5. The van der Waals surface area contributed by atoms with Crippen molar-refractivity contribution < 1.29 is 24.3 Å². The second kappa shape index (κ2) is 9.37. The van der Waals surface area contributed by atoms with Gasteiger partial charge in [0.2, 0.25) is 0 Å². The highest BCUT2D eigenvalue weighted by Gasteiger charge is 2.23. The van der Waals surface area contributed by atoms with Crippen molar-refractivity contribution in [2.45, 2.75) is 0 Å². The molecule has 2 aromatic carbocycles. The van der Waals surface area contributed by atoms with E-state index >= 15 is 0 Å². The van der Waals surface area contributed by atoms with Crippen LogP contribution in [0.1, 0.15) is 10.4 Å². The zero-order valence-corrected chi connectivity index (χ0v) is 16.9. The highest BCUT2D eigenvalue weighted by Crippen LogP contribution is 2.28. The Morgan fingerprint density at radius 2 is 2.00 bits per heavy atom. The van der Waals surface area contributed by atoms with E-state index in [0.717, 1.165) is 0 Å². The predicted molar refractivity (Wildman–Crippen MR) is 114 cm³/mol. The number of methoxy groups -OCH3 is 1. The fourth-order valence-corrected chi connectivity index (χ4v) is 3.17. The van der Waals surface area contributed by atoms with E-state index in [1.54, 1.807) is 12.1 Å². The molecule has 1 fully saturated rings. The number of nitrogens with zero attached hydrogens (tertiary/aromatic N) is 2. The van der Waals surface area contributed by atoms with Gasteiger partial charge in [-0.25, -0.2) is 0 Å². The van der Waals surface area contributed by atoms with Crippen LogP contribution in [0, 0.1) is 10.1 Å². The molecule has 1 saturated heterocycles. The summed E-state index contributed by atoms with van der Waals surface area (Å²) < 4.78 is 10.4. The number of carbonyl (C=O) groups excluding carboxylic acids is 1. The van der Waals surface area contributed by atoms with Crippen molar-refractivity contribution in [2.24, 2.45) is 0 Å². The van der Waals surface area contributed by atoms with Crippen LogP contribution in [0.5, 0.6) is 11.5 Å². The van der Waals surface area contributed by atoms with E-state index in [4.69, 9.17) is 21.7 Å². The number of amides is 1. The zero-order chi connectivity index (χ0) is 21.7. The largest absolute Gasteiger partial charge is 0.506 e. The number of aromatic hydroxyl groups is 1. The van der Waals surface area contributed by atoms with Crippen LogP contribution in [0.2, 0.25) is 0 Å². The number of hydrogen-bond donors (Lipinski definition) is 3. The minimum atomic E-state index is -0.611. The lowest BCUT2D eigenvalue weighted by Gasteiger charge is -2.30. The van der Waals surface area contributed by atoms with Gasteiger partial charge in [0, 0.05) is 31.3 Å². The summed E-state index contributed by atoms with van der Waals surface area (Å²) in [4.78, 5) is 25.4. The quantitative estimate of drug-likeness (QED) is 0.282. The first kappa shape index (κ1) is 21.3. The molecule has 0 atom stereocenters. The monoisotopic (exact) mass is 432 g/mol. The second-order valence-electron chi connectivity index (χ2n) is 6.35.